The van der Waals surface area contributed by atoms with Gasteiger partial charge in [0.15, 0.2) is 0 Å². The van der Waals surface area contributed by atoms with Crippen molar-refractivity contribution in [2.24, 2.45) is 0 Å². The number of aromatic nitrogens is 3. The molecule has 0 saturated carbocycles. The molecule has 118 valence electrons. The van der Waals surface area contributed by atoms with Crippen LogP contribution in [-0.4, -0.2) is 21.8 Å². The molecule has 0 unspecified atom stereocenters. The van der Waals surface area contributed by atoms with Crippen molar-refractivity contribution in [2.75, 3.05) is 5.84 Å². The van der Waals surface area contributed by atoms with Gasteiger partial charge in [-0.25, -0.2) is 0 Å². The van der Waals surface area contributed by atoms with E-state index in [1.165, 1.54) is 16.0 Å². The highest BCUT2D eigenvalue weighted by molar-refractivity contribution is 7.62. The van der Waals surface area contributed by atoms with E-state index in [1.54, 1.807) is 9.90 Å². The van der Waals surface area contributed by atoms with Crippen molar-refractivity contribution in [3.05, 3.63) is 11.2 Å². The van der Waals surface area contributed by atoms with Gasteiger partial charge in [0.05, 0.1) is 12.2 Å². The summed E-state index contributed by atoms with van der Waals surface area (Å²) in [6.07, 6.45) is 0.233. The van der Waals surface area contributed by atoms with Crippen molar-refractivity contribution in [2.45, 2.75) is 53.2 Å². The second-order valence-electron chi connectivity index (χ2n) is 5.23. The first-order chi connectivity index (χ1) is 9.78. The van der Waals surface area contributed by atoms with Crippen molar-refractivity contribution in [1.82, 2.24) is 9.61 Å². The van der Waals surface area contributed by atoms with Crippen LogP contribution in [0.1, 0.15) is 40.4 Å². The number of nitrogens with two attached hydrogens (primary N) is 1. The third kappa shape index (κ3) is 3.13. The molecule has 0 aromatic carbocycles. The lowest BCUT2D eigenvalue weighted by atomic mass is 10.5. The third-order valence-electron chi connectivity index (χ3n) is 2.66. The molecule has 2 N–H and O–H groups in total. The molecule has 0 aliphatic rings. The van der Waals surface area contributed by atoms with Crippen molar-refractivity contribution >= 4 is 29.3 Å². The van der Waals surface area contributed by atoms with Crippen molar-refractivity contribution in [3.63, 3.8) is 0 Å². The van der Waals surface area contributed by atoms with Crippen LogP contribution in [-0.2, 0) is 20.0 Å². The van der Waals surface area contributed by atoms with Gasteiger partial charge in [-0.2, -0.15) is 0 Å². The maximum atomic E-state index is 13.2. The lowest BCUT2D eigenvalue weighted by molar-refractivity contribution is -0.618. The second-order valence-corrected chi connectivity index (χ2v) is 7.95. The summed E-state index contributed by atoms with van der Waals surface area (Å²) < 4.78 is 27.5. The standard InChI is InChI=1S/C12H22N4O3PS/c1-6-10-14-16-11(7-21-12(16)15(10)13)20(17,18-8(2)3)19-9(4)5/h7-9H,6,13H2,1-5H3/q+1. The van der Waals surface area contributed by atoms with Crippen LogP contribution in [0.25, 0.3) is 4.96 Å². The Balaban J connectivity index is 2.57. The quantitative estimate of drug-likeness (QED) is 0.493. The summed E-state index contributed by atoms with van der Waals surface area (Å²) in [5.41, 5.74) is 0.420. The largest absolute Gasteiger partial charge is 0.397 e. The van der Waals surface area contributed by atoms with Crippen LogP contribution in [0.2, 0.25) is 0 Å². The average Bonchev–Trinajstić information content (AvgIpc) is 2.88. The summed E-state index contributed by atoms with van der Waals surface area (Å²) in [5.74, 6) is 6.69. The molecule has 2 heterocycles. The molecule has 7 nitrogen and oxygen atoms in total. The molecule has 21 heavy (non-hydrogen) atoms. The topological polar surface area (TPSA) is 82.7 Å². The first kappa shape index (κ1) is 16.4. The maximum Gasteiger partial charge on any atom is 0.397 e. The highest BCUT2D eigenvalue weighted by Crippen LogP contribution is 2.49. The Kier molecular flexibility index (Phi) is 4.72. The van der Waals surface area contributed by atoms with E-state index in [2.05, 4.69) is 5.10 Å². The predicted molar refractivity (Wildman–Crippen MR) is 82.5 cm³/mol. The minimum atomic E-state index is -3.46. The molecule has 0 atom stereocenters. The first-order valence-corrected chi connectivity index (χ1v) is 9.34. The number of hydrogen-bond donors (Lipinski definition) is 1. The second kappa shape index (κ2) is 6.04. The first-order valence-electron chi connectivity index (χ1n) is 6.92. The number of fused-ring (bicyclic) bond motifs is 1. The van der Waals surface area contributed by atoms with Gasteiger partial charge in [-0.15, -0.1) is 4.68 Å². The maximum absolute atomic E-state index is 13.2. The van der Waals surface area contributed by atoms with Gasteiger partial charge in [-0.3, -0.25) is 10.4 Å². The fraction of sp³-hybridized carbons (Fsp3) is 0.667. The Morgan fingerprint density at radius 2 is 1.95 bits per heavy atom. The Bertz CT molecular complexity index is 665. The van der Waals surface area contributed by atoms with Crippen LogP contribution in [0.3, 0.4) is 0 Å². The van der Waals surface area contributed by atoms with E-state index in [0.717, 1.165) is 0 Å². The van der Waals surface area contributed by atoms with Gasteiger partial charge in [0, 0.05) is 16.9 Å². The Hall–Kier alpha value is -0.950. The SMILES string of the molecule is CCc1nn2c(P(=O)(OC(C)C)OC(C)C)csc2[n+]1N. The molecular formula is C12H22N4O3PS+. The Labute approximate surface area is 128 Å². The van der Waals surface area contributed by atoms with Crippen LogP contribution >= 0.6 is 18.9 Å². The van der Waals surface area contributed by atoms with Gasteiger partial charge < -0.3 is 9.05 Å². The molecule has 9 heteroatoms. The minimum absolute atomic E-state index is 0.226. The van der Waals surface area contributed by atoms with E-state index in [9.17, 15) is 4.57 Å². The molecule has 0 amide bonds. The highest BCUT2D eigenvalue weighted by atomic mass is 32.1. The van der Waals surface area contributed by atoms with Crippen LogP contribution in [0.4, 0.5) is 0 Å². The van der Waals surface area contributed by atoms with Gasteiger partial charge in [0.25, 0.3) is 5.82 Å². The predicted octanol–water partition coefficient (Wildman–Crippen LogP) is 1.63. The minimum Gasteiger partial charge on any atom is -0.300 e. The molecule has 0 aliphatic heterocycles. The lowest BCUT2D eigenvalue weighted by Gasteiger charge is -2.20. The van der Waals surface area contributed by atoms with Crippen molar-refractivity contribution in [1.29, 1.82) is 0 Å². The molecule has 2 aromatic heterocycles. The summed E-state index contributed by atoms with van der Waals surface area (Å²) in [4.78, 5) is 0.696. The monoisotopic (exact) mass is 333 g/mol. The van der Waals surface area contributed by atoms with Gasteiger partial charge in [0.1, 0.15) is 0 Å². The van der Waals surface area contributed by atoms with Gasteiger partial charge in [-0.1, -0.05) is 22.8 Å². The molecule has 0 aliphatic carbocycles. The molecule has 0 bridgehead atoms. The lowest BCUT2D eigenvalue weighted by Crippen LogP contribution is -2.46. The number of rotatable bonds is 6. The normalized spacial score (nSPS) is 12.9. The van der Waals surface area contributed by atoms with E-state index in [4.69, 9.17) is 14.9 Å². The number of hydrogen-bond acceptors (Lipinski definition) is 6. The number of aryl methyl sites for hydroxylation is 1. The Morgan fingerprint density at radius 3 is 2.43 bits per heavy atom. The summed E-state index contributed by atoms with van der Waals surface area (Å²) in [6, 6.07) is 0. The summed E-state index contributed by atoms with van der Waals surface area (Å²) in [6.45, 7) is 9.25. The molecule has 0 fully saturated rings. The van der Waals surface area contributed by atoms with Gasteiger partial charge in [-0.05, 0) is 27.7 Å². The van der Waals surface area contributed by atoms with Gasteiger partial charge in [0.2, 0.25) is 5.44 Å². The molecule has 2 aromatic rings. The fourth-order valence-electron chi connectivity index (χ4n) is 1.94. The van der Waals surface area contributed by atoms with Crippen LogP contribution in [0.5, 0.6) is 0 Å². The molecule has 0 radical (unpaired) electrons. The Morgan fingerprint density at radius 1 is 1.38 bits per heavy atom. The van der Waals surface area contributed by atoms with Crippen LogP contribution in [0.15, 0.2) is 5.38 Å². The molecule has 2 rings (SSSR count). The fourth-order valence-corrected chi connectivity index (χ4v) is 5.20. The number of thiazole rings is 1. The van der Waals surface area contributed by atoms with Crippen molar-refractivity contribution < 1.29 is 18.3 Å². The smallest absolute Gasteiger partial charge is 0.300 e. The summed E-state index contributed by atoms with van der Waals surface area (Å²) >= 11 is 1.36. The van der Waals surface area contributed by atoms with Crippen LogP contribution in [0, 0.1) is 0 Å². The molecular weight excluding hydrogens is 311 g/mol. The van der Waals surface area contributed by atoms with E-state index in [1.807, 2.05) is 34.6 Å². The van der Waals surface area contributed by atoms with E-state index < -0.39 is 7.60 Å². The van der Waals surface area contributed by atoms with Gasteiger partial charge >= 0.3 is 12.6 Å². The summed E-state index contributed by atoms with van der Waals surface area (Å²) in [7, 11) is -3.46. The van der Waals surface area contributed by atoms with Crippen LogP contribution < -0.4 is 16.0 Å². The zero-order chi connectivity index (χ0) is 15.8. The number of nitrogen functional groups attached to an aromatic ring is 1. The van der Waals surface area contributed by atoms with Crippen molar-refractivity contribution in [3.8, 4) is 0 Å². The average molecular weight is 333 g/mol. The van der Waals surface area contributed by atoms with E-state index in [-0.39, 0.29) is 12.2 Å². The number of nitrogens with zero attached hydrogens (tertiary/aromatic N) is 3. The van der Waals surface area contributed by atoms with E-state index in [0.29, 0.717) is 22.6 Å². The summed E-state index contributed by atoms with van der Waals surface area (Å²) in [5, 5.41) is 6.14. The third-order valence-corrected chi connectivity index (χ3v) is 6.04. The molecule has 0 spiro atoms. The zero-order valence-corrected chi connectivity index (χ0v) is 14.6. The van der Waals surface area contributed by atoms with E-state index >= 15 is 0 Å². The zero-order valence-electron chi connectivity index (χ0n) is 12.9. The molecule has 0 saturated heterocycles. The highest BCUT2D eigenvalue weighted by Gasteiger charge is 2.39.